The van der Waals surface area contributed by atoms with E-state index in [-0.39, 0.29) is 0 Å². The molecule has 0 aromatic carbocycles. The van der Waals surface area contributed by atoms with Gasteiger partial charge in [-0.2, -0.15) is 0 Å². The van der Waals surface area contributed by atoms with Gasteiger partial charge in [0.2, 0.25) is 5.91 Å². The molecule has 0 aromatic rings. The summed E-state index contributed by atoms with van der Waals surface area (Å²) >= 11 is 0. The molecular weight excluding hydrogens is 602 g/mol. The number of rotatable bonds is 18. The van der Waals surface area contributed by atoms with E-state index in [0.29, 0.717) is 12.8 Å². The quantitative estimate of drug-likeness (QED) is 0.0847. The first-order valence-electron chi connectivity index (χ1n) is 16.2. The van der Waals surface area contributed by atoms with Crippen molar-refractivity contribution in [2.45, 2.75) is 162 Å². The average molecular weight is 658 g/mol. The Morgan fingerprint density at radius 2 is 1.28 bits per heavy atom. The topological polar surface area (TPSA) is 185 Å². The highest BCUT2D eigenvalue weighted by molar-refractivity contribution is 5.84. The van der Waals surface area contributed by atoms with Crippen LogP contribution in [0.1, 0.15) is 120 Å². The third-order valence-corrected chi connectivity index (χ3v) is 6.98. The van der Waals surface area contributed by atoms with Gasteiger partial charge in [-0.15, -0.1) is 0 Å². The number of amides is 3. The molecule has 1 heterocycles. The summed E-state index contributed by atoms with van der Waals surface area (Å²) in [6, 6.07) is -1.31. The summed E-state index contributed by atoms with van der Waals surface area (Å²) in [5.74, 6) is -3.55. The van der Waals surface area contributed by atoms with Crippen molar-refractivity contribution < 1.29 is 52.5 Å². The van der Waals surface area contributed by atoms with Crippen LogP contribution in [0.25, 0.3) is 0 Å². The minimum absolute atomic E-state index is 0.374. The van der Waals surface area contributed by atoms with Gasteiger partial charge in [0.25, 0.3) is 5.91 Å². The fourth-order valence-electron chi connectivity index (χ4n) is 5.10. The summed E-state index contributed by atoms with van der Waals surface area (Å²) < 4.78 is 27.4. The van der Waals surface area contributed by atoms with E-state index >= 15 is 0 Å². The predicted molar refractivity (Wildman–Crippen MR) is 167 cm³/mol. The average Bonchev–Trinajstić information content (AvgIpc) is 2.91. The lowest BCUT2D eigenvalue weighted by molar-refractivity contribution is -0.222. The molecule has 3 N–H and O–H groups in total. The fraction of sp³-hybridized carbons (Fsp3) is 0.812. The molecule has 0 aliphatic carbocycles. The van der Waals surface area contributed by atoms with Crippen LogP contribution in [0.4, 0.5) is 4.79 Å². The van der Waals surface area contributed by atoms with E-state index in [9.17, 15) is 28.8 Å². The van der Waals surface area contributed by atoms with Gasteiger partial charge >= 0.3 is 24.0 Å². The Balaban J connectivity index is 3.23. The van der Waals surface area contributed by atoms with Gasteiger partial charge in [0, 0.05) is 27.7 Å². The van der Waals surface area contributed by atoms with Gasteiger partial charge < -0.3 is 39.6 Å². The van der Waals surface area contributed by atoms with Crippen molar-refractivity contribution in [2.75, 3.05) is 6.61 Å². The van der Waals surface area contributed by atoms with E-state index in [0.717, 1.165) is 46.5 Å². The Labute approximate surface area is 272 Å². The predicted octanol–water partition coefficient (Wildman–Crippen LogP) is 3.57. The van der Waals surface area contributed by atoms with Gasteiger partial charge in [-0.25, -0.2) is 4.79 Å². The van der Waals surface area contributed by atoms with Crippen molar-refractivity contribution in [3.05, 3.63) is 0 Å². The first-order chi connectivity index (χ1) is 21.5. The molecule has 3 amide bonds. The minimum Gasteiger partial charge on any atom is -0.463 e. The van der Waals surface area contributed by atoms with Crippen molar-refractivity contribution in [2.24, 2.45) is 0 Å². The van der Waals surface area contributed by atoms with E-state index in [1.807, 2.05) is 0 Å². The summed E-state index contributed by atoms with van der Waals surface area (Å²) in [5.41, 5.74) is -0.785. The van der Waals surface area contributed by atoms with Gasteiger partial charge in [-0.3, -0.25) is 24.0 Å². The Morgan fingerprint density at radius 3 is 1.78 bits per heavy atom. The maximum Gasteiger partial charge on any atom is 0.409 e. The van der Waals surface area contributed by atoms with Crippen LogP contribution in [-0.2, 0) is 47.7 Å². The molecule has 46 heavy (non-hydrogen) atoms. The van der Waals surface area contributed by atoms with Crippen LogP contribution in [0.15, 0.2) is 0 Å². The van der Waals surface area contributed by atoms with Crippen LogP contribution in [0.2, 0.25) is 0 Å². The molecule has 0 saturated carbocycles. The lowest BCUT2D eigenvalue weighted by Crippen LogP contribution is -2.69. The SMILES string of the molecule is CCCCCCCCCCC[C@@H](NC(=O)OC(C)(C)C)NC(=O)[C@@H]1O[C@H](COC(C)=O)[C@@H](OC(C)=O)[C@H](OC(C)=O)[C@H]1NC(C)=O. The van der Waals surface area contributed by atoms with E-state index in [2.05, 4.69) is 22.9 Å². The molecule has 14 nitrogen and oxygen atoms in total. The van der Waals surface area contributed by atoms with Crippen molar-refractivity contribution in [1.82, 2.24) is 16.0 Å². The Morgan fingerprint density at radius 1 is 0.739 bits per heavy atom. The molecule has 0 bridgehead atoms. The van der Waals surface area contributed by atoms with E-state index in [1.165, 1.54) is 32.6 Å². The van der Waals surface area contributed by atoms with Crippen molar-refractivity contribution in [3.8, 4) is 0 Å². The lowest BCUT2D eigenvalue weighted by atomic mass is 9.91. The Bertz CT molecular complexity index is 1010. The Kier molecular flexibility index (Phi) is 18.2. The van der Waals surface area contributed by atoms with E-state index < -0.39 is 84.6 Å². The van der Waals surface area contributed by atoms with Crippen LogP contribution in [-0.4, -0.2) is 84.6 Å². The van der Waals surface area contributed by atoms with Crippen LogP contribution in [0, 0.1) is 0 Å². The van der Waals surface area contributed by atoms with E-state index in [4.69, 9.17) is 23.7 Å². The Hall–Kier alpha value is -3.42. The molecular formula is C32H55N3O11. The number of alkyl carbamates (subject to hydrolysis) is 1. The van der Waals surface area contributed by atoms with Crippen LogP contribution < -0.4 is 16.0 Å². The molecule has 0 radical (unpaired) electrons. The molecule has 0 spiro atoms. The highest BCUT2D eigenvalue weighted by atomic mass is 16.6. The number of hydrogen-bond donors (Lipinski definition) is 3. The molecule has 1 rings (SSSR count). The zero-order chi connectivity index (χ0) is 34.9. The largest absolute Gasteiger partial charge is 0.463 e. The van der Waals surface area contributed by atoms with E-state index in [1.54, 1.807) is 20.8 Å². The zero-order valence-electron chi connectivity index (χ0n) is 28.7. The first-order valence-corrected chi connectivity index (χ1v) is 16.2. The summed E-state index contributed by atoms with van der Waals surface area (Å²) in [5, 5.41) is 8.03. The minimum atomic E-state index is -1.51. The third kappa shape index (κ3) is 16.8. The summed E-state index contributed by atoms with van der Waals surface area (Å²) in [6.07, 6.45) is 2.99. The molecule has 1 fully saturated rings. The molecule has 1 aliphatic heterocycles. The van der Waals surface area contributed by atoms with Crippen LogP contribution >= 0.6 is 0 Å². The number of esters is 3. The second-order valence-electron chi connectivity index (χ2n) is 12.6. The summed E-state index contributed by atoms with van der Waals surface area (Å²) in [7, 11) is 0. The number of ether oxygens (including phenoxy) is 5. The summed E-state index contributed by atoms with van der Waals surface area (Å²) in [6.45, 7) is 11.5. The first kappa shape index (κ1) is 40.6. The van der Waals surface area contributed by atoms with Crippen molar-refractivity contribution in [1.29, 1.82) is 0 Å². The highest BCUT2D eigenvalue weighted by Gasteiger charge is 2.53. The van der Waals surface area contributed by atoms with Crippen molar-refractivity contribution in [3.63, 3.8) is 0 Å². The molecule has 1 saturated heterocycles. The number of carbonyl (C=O) groups excluding carboxylic acids is 6. The summed E-state index contributed by atoms with van der Waals surface area (Å²) in [4.78, 5) is 74.5. The second kappa shape index (κ2) is 20.7. The highest BCUT2D eigenvalue weighted by Crippen LogP contribution is 2.28. The zero-order valence-corrected chi connectivity index (χ0v) is 28.7. The van der Waals surface area contributed by atoms with Gasteiger partial charge in [0.1, 0.15) is 30.5 Å². The molecule has 14 heteroatoms. The third-order valence-electron chi connectivity index (χ3n) is 6.98. The van der Waals surface area contributed by atoms with Gasteiger partial charge in [-0.05, 0) is 33.6 Å². The maximum absolute atomic E-state index is 13.8. The standard InChI is InChI=1S/C32H55N3O11/c1-9-10-11-12-13-14-15-16-17-18-25(35-31(41)46-32(6,7)8)34-30(40)29-26(33-20(2)36)28(44-23(5)39)27(43-22(4)38)24(45-29)19-42-21(3)37/h24-29H,9-19H2,1-8H3,(H,33,36)(H,34,40)(H,35,41)/t24-,25-,26-,27-,28-,29-/m1/s1. The lowest BCUT2D eigenvalue weighted by Gasteiger charge is -2.44. The van der Waals surface area contributed by atoms with Crippen LogP contribution in [0.3, 0.4) is 0 Å². The number of nitrogens with one attached hydrogen (secondary N) is 3. The maximum atomic E-state index is 13.8. The monoisotopic (exact) mass is 657 g/mol. The van der Waals surface area contributed by atoms with Gasteiger partial charge in [-0.1, -0.05) is 58.3 Å². The number of carbonyl (C=O) groups is 6. The van der Waals surface area contributed by atoms with Crippen LogP contribution in [0.5, 0.6) is 0 Å². The number of unbranched alkanes of at least 4 members (excludes halogenated alkanes) is 8. The normalized spacial score (nSPS) is 21.7. The number of hydrogen-bond acceptors (Lipinski definition) is 11. The van der Waals surface area contributed by atoms with Crippen molar-refractivity contribution >= 4 is 35.8 Å². The van der Waals surface area contributed by atoms with Gasteiger partial charge in [0.05, 0.1) is 0 Å². The smallest absolute Gasteiger partial charge is 0.409 e. The molecule has 0 unspecified atom stereocenters. The molecule has 264 valence electrons. The van der Waals surface area contributed by atoms with Gasteiger partial charge in [0.15, 0.2) is 18.3 Å². The molecule has 0 aromatic heterocycles. The second-order valence-corrected chi connectivity index (χ2v) is 12.6. The molecule has 6 atom stereocenters. The fourth-order valence-corrected chi connectivity index (χ4v) is 5.10. The molecule has 1 aliphatic rings.